The normalized spacial score (nSPS) is 13.4. The second kappa shape index (κ2) is 4.58. The van der Waals surface area contributed by atoms with Crippen LogP contribution in [0, 0.1) is 13.8 Å². The fraction of sp³-hybridized carbons (Fsp3) is 0.176. The molecule has 0 bridgehead atoms. The van der Waals surface area contributed by atoms with Gasteiger partial charge >= 0.3 is 0 Å². The molecule has 0 heteroatoms. The van der Waals surface area contributed by atoms with Crippen LogP contribution in [0.2, 0.25) is 0 Å². The van der Waals surface area contributed by atoms with Crippen molar-refractivity contribution in [3.8, 4) is 0 Å². The Morgan fingerprint density at radius 3 is 2.18 bits per heavy atom. The maximum absolute atomic E-state index is 3.81. The van der Waals surface area contributed by atoms with E-state index in [1.165, 1.54) is 32.3 Å². The summed E-state index contributed by atoms with van der Waals surface area (Å²) >= 11 is 0. The predicted molar refractivity (Wildman–Crippen MR) is 77.5 cm³/mol. The number of hydrogen-bond acceptors (Lipinski definition) is 0. The molecule has 0 heterocycles. The third-order valence-corrected chi connectivity index (χ3v) is 3.45. The summed E-state index contributed by atoms with van der Waals surface area (Å²) in [5, 5.41) is 5.27. The van der Waals surface area contributed by atoms with Crippen LogP contribution in [0.25, 0.3) is 22.9 Å². The highest BCUT2D eigenvalue weighted by molar-refractivity contribution is 5.88. The zero-order chi connectivity index (χ0) is 12.4. The molecule has 2 aromatic carbocycles. The summed E-state index contributed by atoms with van der Waals surface area (Å²) in [4.78, 5) is 0. The van der Waals surface area contributed by atoms with Gasteiger partial charge in [-0.25, -0.2) is 0 Å². The molecule has 0 radical (unpaired) electrons. The monoisotopic (exact) mass is 222 g/mol. The van der Waals surface area contributed by atoms with Crippen molar-refractivity contribution in [1.29, 1.82) is 0 Å². The fourth-order valence-corrected chi connectivity index (χ4v) is 2.44. The van der Waals surface area contributed by atoms with E-state index in [2.05, 4.69) is 63.8 Å². The smallest absolute Gasteiger partial charge is 0.0106 e. The highest BCUT2D eigenvalue weighted by Crippen LogP contribution is 2.15. The maximum atomic E-state index is 3.81. The van der Waals surface area contributed by atoms with Crippen molar-refractivity contribution in [2.45, 2.75) is 20.8 Å². The molecule has 0 N–H and O–H groups in total. The molecule has 0 aliphatic rings. The van der Waals surface area contributed by atoms with Crippen LogP contribution in [0.1, 0.15) is 18.1 Å². The van der Waals surface area contributed by atoms with Crippen LogP contribution in [0.15, 0.2) is 36.9 Å². The lowest BCUT2D eigenvalue weighted by atomic mass is 9.96. The Morgan fingerprint density at radius 1 is 0.941 bits per heavy atom. The lowest BCUT2D eigenvalue weighted by molar-refractivity contribution is 1.32. The van der Waals surface area contributed by atoms with Crippen LogP contribution in [0.4, 0.5) is 0 Å². The number of aryl methyl sites for hydroxylation is 1. The van der Waals surface area contributed by atoms with Gasteiger partial charge in [0.2, 0.25) is 0 Å². The molecule has 0 saturated heterocycles. The van der Waals surface area contributed by atoms with Gasteiger partial charge in [0.15, 0.2) is 0 Å². The highest BCUT2D eigenvalue weighted by atomic mass is 14.1. The largest absolute Gasteiger partial charge is 0.0990 e. The summed E-state index contributed by atoms with van der Waals surface area (Å²) in [6.07, 6.45) is 6.15. The van der Waals surface area contributed by atoms with Gasteiger partial charge in [-0.15, -0.1) is 0 Å². The van der Waals surface area contributed by atoms with Crippen LogP contribution in [0.5, 0.6) is 0 Å². The molecule has 0 aliphatic carbocycles. The van der Waals surface area contributed by atoms with Crippen molar-refractivity contribution < 1.29 is 0 Å². The number of rotatable bonds is 1. The minimum absolute atomic E-state index is 1.29. The van der Waals surface area contributed by atoms with Gasteiger partial charge in [-0.2, -0.15) is 0 Å². The second-order valence-corrected chi connectivity index (χ2v) is 4.31. The number of hydrogen-bond donors (Lipinski definition) is 0. The van der Waals surface area contributed by atoms with Crippen molar-refractivity contribution in [3.05, 3.63) is 58.5 Å². The lowest BCUT2D eigenvalue weighted by Gasteiger charge is -2.08. The van der Waals surface area contributed by atoms with Crippen molar-refractivity contribution >= 4 is 22.9 Å². The van der Waals surface area contributed by atoms with Crippen LogP contribution in [-0.4, -0.2) is 0 Å². The molecule has 0 fully saturated rings. The van der Waals surface area contributed by atoms with E-state index < -0.39 is 0 Å². The van der Waals surface area contributed by atoms with Crippen molar-refractivity contribution in [2.75, 3.05) is 0 Å². The summed E-state index contributed by atoms with van der Waals surface area (Å²) in [7, 11) is 0. The molecule has 0 unspecified atom stereocenters. The van der Waals surface area contributed by atoms with E-state index in [9.17, 15) is 0 Å². The Kier molecular flexibility index (Phi) is 3.14. The molecule has 0 aliphatic heterocycles. The molecule has 0 saturated carbocycles. The van der Waals surface area contributed by atoms with Crippen LogP contribution >= 0.6 is 0 Å². The second-order valence-electron chi connectivity index (χ2n) is 4.31. The van der Waals surface area contributed by atoms with Gasteiger partial charge in [0.1, 0.15) is 0 Å². The Labute approximate surface area is 103 Å². The lowest BCUT2D eigenvalue weighted by Crippen LogP contribution is -2.29. The van der Waals surface area contributed by atoms with Gasteiger partial charge in [0.05, 0.1) is 0 Å². The molecule has 0 atom stereocenters. The number of benzene rings is 2. The third-order valence-electron chi connectivity index (χ3n) is 3.45. The predicted octanol–water partition coefficient (Wildman–Crippen LogP) is 3.22. The Bertz CT molecular complexity index is 688. The van der Waals surface area contributed by atoms with Crippen molar-refractivity contribution in [2.24, 2.45) is 0 Å². The molecule has 0 aromatic heterocycles. The Balaban J connectivity index is 3.19. The number of fused-ring (bicyclic) bond motifs is 1. The Morgan fingerprint density at radius 2 is 1.59 bits per heavy atom. The van der Waals surface area contributed by atoms with Gasteiger partial charge in [-0.3, -0.25) is 0 Å². The van der Waals surface area contributed by atoms with E-state index in [1.807, 2.05) is 6.08 Å². The quantitative estimate of drug-likeness (QED) is 0.695. The first-order valence-electron chi connectivity index (χ1n) is 5.97. The van der Waals surface area contributed by atoms with Gasteiger partial charge < -0.3 is 0 Å². The van der Waals surface area contributed by atoms with E-state index in [-0.39, 0.29) is 0 Å². The molecule has 0 amide bonds. The summed E-state index contributed by atoms with van der Waals surface area (Å²) in [6, 6.07) is 8.59. The minimum Gasteiger partial charge on any atom is -0.0990 e. The standard InChI is InChI=1S/C17H18/c1-5-9-15-12(3)13(4)16-10-7-8-11-17(16)14(15)6-2/h5-11H,1H2,2-4H3/b14-6+,15-9-. The molecule has 2 aromatic rings. The SMILES string of the molecule is C=C/C=c1/c(C)c(C)c2ccccc2/c1=C/C. The van der Waals surface area contributed by atoms with E-state index in [0.29, 0.717) is 0 Å². The zero-order valence-corrected chi connectivity index (χ0v) is 10.7. The van der Waals surface area contributed by atoms with Crippen LogP contribution in [0.3, 0.4) is 0 Å². The average Bonchev–Trinajstić information content (AvgIpc) is 2.36. The van der Waals surface area contributed by atoms with E-state index in [0.717, 1.165) is 0 Å². The number of allylic oxidation sites excluding steroid dienone is 1. The summed E-state index contributed by atoms with van der Waals surface area (Å²) in [5.41, 5.74) is 2.70. The van der Waals surface area contributed by atoms with E-state index in [1.54, 1.807) is 0 Å². The molecule has 0 nitrogen and oxygen atoms in total. The van der Waals surface area contributed by atoms with Crippen LogP contribution in [-0.2, 0) is 0 Å². The van der Waals surface area contributed by atoms with Gasteiger partial charge in [-0.1, -0.05) is 49.1 Å². The summed E-state index contributed by atoms with van der Waals surface area (Å²) in [5.74, 6) is 0. The molecular weight excluding hydrogens is 204 g/mol. The van der Waals surface area contributed by atoms with Gasteiger partial charge in [0, 0.05) is 0 Å². The topological polar surface area (TPSA) is 0 Å². The third kappa shape index (κ3) is 1.80. The Hall–Kier alpha value is -1.82. The first-order valence-corrected chi connectivity index (χ1v) is 5.97. The van der Waals surface area contributed by atoms with E-state index in [4.69, 9.17) is 0 Å². The molecular formula is C17H18. The van der Waals surface area contributed by atoms with Gasteiger partial charge in [-0.05, 0) is 53.1 Å². The molecule has 17 heavy (non-hydrogen) atoms. The first-order chi connectivity index (χ1) is 8.20. The maximum Gasteiger partial charge on any atom is -0.0106 e. The zero-order valence-electron chi connectivity index (χ0n) is 10.7. The fourth-order valence-electron chi connectivity index (χ4n) is 2.44. The first kappa shape index (κ1) is 11.7. The molecule has 86 valence electrons. The summed E-state index contributed by atoms with van der Waals surface area (Å²) < 4.78 is 0. The van der Waals surface area contributed by atoms with E-state index >= 15 is 0 Å². The highest BCUT2D eigenvalue weighted by Gasteiger charge is 2.03. The minimum atomic E-state index is 1.29. The van der Waals surface area contributed by atoms with Crippen molar-refractivity contribution in [3.63, 3.8) is 0 Å². The van der Waals surface area contributed by atoms with Crippen LogP contribution < -0.4 is 10.4 Å². The van der Waals surface area contributed by atoms with Gasteiger partial charge in [0.25, 0.3) is 0 Å². The average molecular weight is 222 g/mol. The summed E-state index contributed by atoms with van der Waals surface area (Å²) in [6.45, 7) is 10.3. The molecule has 0 spiro atoms. The van der Waals surface area contributed by atoms with Crippen molar-refractivity contribution in [1.82, 2.24) is 0 Å². The molecule has 2 rings (SSSR count).